The lowest BCUT2D eigenvalue weighted by molar-refractivity contribution is -0.123. The Balaban J connectivity index is 1.88. The van der Waals surface area contributed by atoms with Crippen LogP contribution < -0.4 is 10.5 Å². The van der Waals surface area contributed by atoms with Crippen LogP contribution >= 0.6 is 0 Å². The van der Waals surface area contributed by atoms with Gasteiger partial charge in [0.2, 0.25) is 0 Å². The number of hydrogen-bond donors (Lipinski definition) is 3. The molecule has 0 aliphatic heterocycles. The van der Waals surface area contributed by atoms with Crippen LogP contribution in [-0.2, 0) is 13.1 Å². The van der Waals surface area contributed by atoms with Crippen molar-refractivity contribution in [1.29, 1.82) is 0 Å². The van der Waals surface area contributed by atoms with Crippen molar-refractivity contribution in [3.05, 3.63) is 65.2 Å². The fourth-order valence-corrected chi connectivity index (χ4v) is 2.46. The number of amides is 1. The molecule has 0 fully saturated rings. The lowest BCUT2D eigenvalue weighted by Crippen LogP contribution is -2.33. The molecule has 3 N–H and O–H groups in total. The number of benzene rings is 2. The number of carbonyl (C=O) groups is 1. The van der Waals surface area contributed by atoms with Gasteiger partial charge >= 0.3 is 6.18 Å². The SMILES string of the molecule is CN(Cc1ccc(C(=O)NCC(F)(F)F)cc1)Cc1ccc(N(O)O)cc1. The molecule has 0 saturated carbocycles. The number of carbonyl (C=O) groups excluding carboxylic acids is 1. The van der Waals surface area contributed by atoms with Crippen molar-refractivity contribution in [2.45, 2.75) is 19.3 Å². The third kappa shape index (κ3) is 6.89. The van der Waals surface area contributed by atoms with E-state index < -0.39 is 18.6 Å². The molecule has 2 aromatic carbocycles. The number of alkyl halides is 3. The van der Waals surface area contributed by atoms with Gasteiger partial charge in [0.1, 0.15) is 6.54 Å². The van der Waals surface area contributed by atoms with Gasteiger partial charge in [0, 0.05) is 18.7 Å². The molecule has 0 saturated heterocycles. The van der Waals surface area contributed by atoms with Crippen molar-refractivity contribution in [3.63, 3.8) is 0 Å². The Morgan fingerprint density at radius 2 is 1.44 bits per heavy atom. The molecule has 6 nitrogen and oxygen atoms in total. The molecule has 0 radical (unpaired) electrons. The van der Waals surface area contributed by atoms with Gasteiger partial charge in [-0.2, -0.15) is 13.2 Å². The summed E-state index contributed by atoms with van der Waals surface area (Å²) in [5.74, 6) is -0.769. The fourth-order valence-electron chi connectivity index (χ4n) is 2.46. The summed E-state index contributed by atoms with van der Waals surface area (Å²) in [5.41, 5.74) is 2.28. The maximum atomic E-state index is 12.1. The van der Waals surface area contributed by atoms with Crippen LogP contribution in [-0.4, -0.2) is 41.0 Å². The summed E-state index contributed by atoms with van der Waals surface area (Å²) in [6.07, 6.45) is -4.44. The van der Waals surface area contributed by atoms with E-state index in [1.165, 1.54) is 12.1 Å². The molecule has 27 heavy (non-hydrogen) atoms. The van der Waals surface area contributed by atoms with Crippen molar-refractivity contribution in [2.75, 3.05) is 18.8 Å². The summed E-state index contributed by atoms with van der Waals surface area (Å²) in [6, 6.07) is 13.0. The normalized spacial score (nSPS) is 11.5. The fraction of sp³-hybridized carbons (Fsp3) is 0.278. The molecule has 0 spiro atoms. The van der Waals surface area contributed by atoms with Crippen LogP contribution in [0.4, 0.5) is 18.9 Å². The topological polar surface area (TPSA) is 76.0 Å². The van der Waals surface area contributed by atoms with E-state index in [9.17, 15) is 18.0 Å². The summed E-state index contributed by atoms with van der Waals surface area (Å²) in [5, 5.41) is 19.7. The molecule has 2 aromatic rings. The molecule has 9 heteroatoms. The second-order valence-corrected chi connectivity index (χ2v) is 6.12. The first kappa shape index (κ1) is 20.7. The minimum Gasteiger partial charge on any atom is -0.343 e. The highest BCUT2D eigenvalue weighted by Gasteiger charge is 2.27. The molecule has 0 bridgehead atoms. The van der Waals surface area contributed by atoms with E-state index in [1.54, 1.807) is 36.4 Å². The predicted molar refractivity (Wildman–Crippen MR) is 92.5 cm³/mol. The molecule has 1 amide bonds. The lowest BCUT2D eigenvalue weighted by Gasteiger charge is -2.17. The largest absolute Gasteiger partial charge is 0.405 e. The van der Waals surface area contributed by atoms with Crippen LogP contribution in [0.3, 0.4) is 0 Å². The minimum atomic E-state index is -4.44. The van der Waals surface area contributed by atoms with Crippen LogP contribution in [0.2, 0.25) is 0 Å². The lowest BCUT2D eigenvalue weighted by atomic mass is 10.1. The number of hydrogen-bond acceptors (Lipinski definition) is 5. The number of halogens is 3. The third-order valence-corrected chi connectivity index (χ3v) is 3.74. The first-order valence-corrected chi connectivity index (χ1v) is 8.03. The van der Waals surface area contributed by atoms with Crippen molar-refractivity contribution in [1.82, 2.24) is 10.2 Å². The smallest absolute Gasteiger partial charge is 0.343 e. The molecule has 0 atom stereocenters. The summed E-state index contributed by atoms with van der Waals surface area (Å²) >= 11 is 0. The zero-order valence-corrected chi connectivity index (χ0v) is 14.6. The second kappa shape index (κ2) is 8.85. The summed E-state index contributed by atoms with van der Waals surface area (Å²) in [7, 11) is 1.89. The predicted octanol–water partition coefficient (Wildman–Crippen LogP) is 3.20. The Morgan fingerprint density at radius 1 is 0.963 bits per heavy atom. The standard InChI is InChI=1S/C18H20F3N3O3/c1-23(11-14-4-8-16(9-5-14)24(26)27)10-13-2-6-15(7-3-13)17(25)22-12-18(19,20)21/h2-9,26-27H,10-12H2,1H3,(H,22,25). The molecule has 0 unspecified atom stereocenters. The highest BCUT2D eigenvalue weighted by molar-refractivity contribution is 5.94. The first-order chi connectivity index (χ1) is 12.6. The van der Waals surface area contributed by atoms with E-state index in [1.807, 2.05) is 17.3 Å². The summed E-state index contributed by atoms with van der Waals surface area (Å²) < 4.78 is 36.4. The molecule has 0 aliphatic rings. The summed E-state index contributed by atoms with van der Waals surface area (Å²) in [4.78, 5) is 13.7. The van der Waals surface area contributed by atoms with E-state index in [0.29, 0.717) is 13.1 Å². The average molecular weight is 383 g/mol. The van der Waals surface area contributed by atoms with Gasteiger partial charge in [0.15, 0.2) is 0 Å². The van der Waals surface area contributed by atoms with Gasteiger partial charge in [0.05, 0.1) is 5.69 Å². The van der Waals surface area contributed by atoms with Crippen LogP contribution in [0.25, 0.3) is 0 Å². The van der Waals surface area contributed by atoms with E-state index in [-0.39, 0.29) is 16.5 Å². The van der Waals surface area contributed by atoms with Gasteiger partial charge in [-0.3, -0.25) is 20.1 Å². The monoisotopic (exact) mass is 383 g/mol. The average Bonchev–Trinajstić information content (AvgIpc) is 2.60. The Morgan fingerprint density at radius 3 is 1.89 bits per heavy atom. The molecular weight excluding hydrogens is 363 g/mol. The maximum Gasteiger partial charge on any atom is 0.405 e. The Labute approximate surface area is 154 Å². The second-order valence-electron chi connectivity index (χ2n) is 6.12. The molecule has 146 valence electrons. The highest BCUT2D eigenvalue weighted by atomic mass is 19.4. The number of nitrogens with one attached hydrogen (secondary N) is 1. The quantitative estimate of drug-likeness (QED) is 0.641. The summed E-state index contributed by atoms with van der Waals surface area (Å²) in [6.45, 7) is -0.192. The molecule has 2 rings (SSSR count). The van der Waals surface area contributed by atoms with Gasteiger partial charge in [-0.05, 0) is 42.4 Å². The third-order valence-electron chi connectivity index (χ3n) is 3.74. The maximum absolute atomic E-state index is 12.1. The molecule has 0 aliphatic carbocycles. The minimum absolute atomic E-state index is 0.0416. The van der Waals surface area contributed by atoms with Crippen LogP contribution in [0.15, 0.2) is 48.5 Å². The first-order valence-electron chi connectivity index (χ1n) is 8.03. The number of nitrogens with zero attached hydrogens (tertiary/aromatic N) is 2. The van der Waals surface area contributed by atoms with Crippen molar-refractivity contribution < 1.29 is 28.4 Å². The number of rotatable bonds is 7. The Bertz CT molecular complexity index is 747. The molecular formula is C18H20F3N3O3. The Kier molecular flexibility index (Phi) is 6.78. The number of anilines is 1. The van der Waals surface area contributed by atoms with Gasteiger partial charge in [0.25, 0.3) is 5.91 Å². The molecule has 0 heterocycles. The van der Waals surface area contributed by atoms with Crippen molar-refractivity contribution in [3.8, 4) is 0 Å². The van der Waals surface area contributed by atoms with Crippen LogP contribution in [0, 0.1) is 0 Å². The van der Waals surface area contributed by atoms with Crippen LogP contribution in [0.5, 0.6) is 0 Å². The Hall–Kier alpha value is -2.62. The van der Waals surface area contributed by atoms with E-state index >= 15 is 0 Å². The zero-order valence-electron chi connectivity index (χ0n) is 14.6. The van der Waals surface area contributed by atoms with Gasteiger partial charge in [-0.15, -0.1) is 5.23 Å². The highest BCUT2D eigenvalue weighted by Crippen LogP contribution is 2.15. The van der Waals surface area contributed by atoms with Crippen molar-refractivity contribution in [2.24, 2.45) is 0 Å². The van der Waals surface area contributed by atoms with E-state index in [2.05, 4.69) is 0 Å². The van der Waals surface area contributed by atoms with Gasteiger partial charge < -0.3 is 5.32 Å². The molecule has 0 aromatic heterocycles. The van der Waals surface area contributed by atoms with E-state index in [4.69, 9.17) is 10.4 Å². The van der Waals surface area contributed by atoms with E-state index in [0.717, 1.165) is 11.1 Å². The van der Waals surface area contributed by atoms with Crippen LogP contribution in [0.1, 0.15) is 21.5 Å². The van der Waals surface area contributed by atoms with Crippen molar-refractivity contribution >= 4 is 11.6 Å². The zero-order chi connectivity index (χ0) is 20.0. The van der Waals surface area contributed by atoms with Gasteiger partial charge in [-0.1, -0.05) is 24.3 Å². The van der Waals surface area contributed by atoms with Gasteiger partial charge in [-0.25, -0.2) is 0 Å².